The van der Waals surface area contributed by atoms with Crippen molar-refractivity contribution in [1.82, 2.24) is 4.90 Å². The van der Waals surface area contributed by atoms with Gasteiger partial charge >= 0.3 is 0 Å². The number of carbonyl (C=O) groups excluding carboxylic acids is 1. The van der Waals surface area contributed by atoms with Crippen molar-refractivity contribution >= 4 is 11.6 Å². The summed E-state index contributed by atoms with van der Waals surface area (Å²) in [5.74, 6) is 0.192. The van der Waals surface area contributed by atoms with Gasteiger partial charge in [0.25, 0.3) is 0 Å². The molecule has 1 aromatic rings. The fraction of sp³-hybridized carbons (Fsp3) is 0.533. The van der Waals surface area contributed by atoms with Crippen molar-refractivity contribution in [3.63, 3.8) is 0 Å². The van der Waals surface area contributed by atoms with E-state index in [1.165, 1.54) is 0 Å². The summed E-state index contributed by atoms with van der Waals surface area (Å²) in [5.41, 5.74) is 2.22. The van der Waals surface area contributed by atoms with E-state index in [0.29, 0.717) is 6.42 Å². The van der Waals surface area contributed by atoms with Gasteiger partial charge in [-0.15, -0.1) is 0 Å². The van der Waals surface area contributed by atoms with E-state index in [4.69, 9.17) is 4.74 Å². The number of amides is 1. The van der Waals surface area contributed by atoms with E-state index in [1.54, 1.807) is 7.11 Å². The Hall–Kier alpha value is -1.55. The van der Waals surface area contributed by atoms with Gasteiger partial charge in [-0.25, -0.2) is 0 Å². The molecule has 1 aliphatic rings. The minimum Gasteiger partial charge on any atom is -0.380 e. The Morgan fingerprint density at radius 3 is 2.58 bits per heavy atom. The number of nitrogens with zero attached hydrogens (tertiary/aromatic N) is 2. The minimum atomic E-state index is 0.192. The molecule has 1 aliphatic heterocycles. The molecular weight excluding hydrogens is 240 g/mol. The summed E-state index contributed by atoms with van der Waals surface area (Å²) in [6, 6.07) is 8.14. The highest BCUT2D eigenvalue weighted by molar-refractivity contribution is 5.79. The Morgan fingerprint density at radius 2 is 2.05 bits per heavy atom. The Balaban J connectivity index is 1.92. The molecule has 4 heteroatoms. The Bertz CT molecular complexity index is 428. The fourth-order valence-electron chi connectivity index (χ4n) is 2.35. The molecule has 19 heavy (non-hydrogen) atoms. The van der Waals surface area contributed by atoms with E-state index in [0.717, 1.165) is 30.8 Å². The third-order valence-electron chi connectivity index (χ3n) is 3.64. The molecule has 0 aliphatic carbocycles. The molecule has 4 nitrogen and oxygen atoms in total. The normalized spacial score (nSPS) is 18.7. The highest BCUT2D eigenvalue weighted by Crippen LogP contribution is 2.16. The summed E-state index contributed by atoms with van der Waals surface area (Å²) in [6.07, 6.45) is 1.63. The van der Waals surface area contributed by atoms with Gasteiger partial charge in [0.05, 0.1) is 12.5 Å². The lowest BCUT2D eigenvalue weighted by atomic mass is 10.1. The minimum absolute atomic E-state index is 0.192. The van der Waals surface area contributed by atoms with Gasteiger partial charge in [-0.1, -0.05) is 12.1 Å². The quantitative estimate of drug-likeness (QED) is 0.825. The average molecular weight is 262 g/mol. The Morgan fingerprint density at radius 1 is 1.37 bits per heavy atom. The topological polar surface area (TPSA) is 32.8 Å². The van der Waals surface area contributed by atoms with Crippen LogP contribution in [0.2, 0.25) is 0 Å². The predicted octanol–water partition coefficient (Wildman–Crippen LogP) is 1.54. The molecular formula is C15H22N2O2. The smallest absolute Gasteiger partial charge is 0.227 e. The van der Waals surface area contributed by atoms with Crippen molar-refractivity contribution in [1.29, 1.82) is 0 Å². The van der Waals surface area contributed by atoms with Crippen LogP contribution in [0.15, 0.2) is 24.3 Å². The van der Waals surface area contributed by atoms with Crippen molar-refractivity contribution in [2.45, 2.75) is 18.9 Å². The summed E-state index contributed by atoms with van der Waals surface area (Å²) >= 11 is 0. The first-order chi connectivity index (χ1) is 9.10. The number of methoxy groups -OCH3 is 1. The van der Waals surface area contributed by atoms with E-state index in [2.05, 4.69) is 4.90 Å². The molecule has 104 valence electrons. The first-order valence-corrected chi connectivity index (χ1v) is 6.67. The van der Waals surface area contributed by atoms with E-state index in [-0.39, 0.29) is 12.0 Å². The second-order valence-electron chi connectivity index (χ2n) is 5.22. The van der Waals surface area contributed by atoms with Crippen LogP contribution in [0.3, 0.4) is 0 Å². The maximum Gasteiger partial charge on any atom is 0.227 e. The van der Waals surface area contributed by atoms with Gasteiger partial charge < -0.3 is 14.5 Å². The van der Waals surface area contributed by atoms with Gasteiger partial charge in [-0.3, -0.25) is 4.79 Å². The van der Waals surface area contributed by atoms with Gasteiger partial charge in [-0.2, -0.15) is 0 Å². The van der Waals surface area contributed by atoms with Crippen molar-refractivity contribution in [3.05, 3.63) is 29.8 Å². The Labute approximate surface area is 115 Å². The van der Waals surface area contributed by atoms with Crippen LogP contribution < -0.4 is 4.90 Å². The van der Waals surface area contributed by atoms with E-state index in [9.17, 15) is 4.79 Å². The molecule has 0 bridgehead atoms. The van der Waals surface area contributed by atoms with Crippen LogP contribution in [0.25, 0.3) is 0 Å². The molecule has 1 amide bonds. The SMILES string of the molecule is COC1CCN(C(=O)Cc2ccc(N(C)C)cc2)C1. The van der Waals surface area contributed by atoms with Crippen molar-refractivity contribution in [2.24, 2.45) is 0 Å². The monoisotopic (exact) mass is 262 g/mol. The summed E-state index contributed by atoms with van der Waals surface area (Å²) in [6.45, 7) is 1.54. The van der Waals surface area contributed by atoms with Crippen molar-refractivity contribution in [3.8, 4) is 0 Å². The number of likely N-dealkylation sites (tertiary alicyclic amines) is 1. The molecule has 1 saturated heterocycles. The fourth-order valence-corrected chi connectivity index (χ4v) is 2.35. The molecule has 0 N–H and O–H groups in total. The molecule has 1 atom stereocenters. The molecule has 0 radical (unpaired) electrons. The molecule has 2 rings (SSSR count). The zero-order chi connectivity index (χ0) is 13.8. The highest BCUT2D eigenvalue weighted by atomic mass is 16.5. The molecule has 1 aromatic carbocycles. The molecule has 1 unspecified atom stereocenters. The predicted molar refractivity (Wildman–Crippen MR) is 76.5 cm³/mol. The first kappa shape index (κ1) is 13.9. The lowest BCUT2D eigenvalue weighted by molar-refractivity contribution is -0.129. The lowest BCUT2D eigenvalue weighted by Gasteiger charge is -2.17. The highest BCUT2D eigenvalue weighted by Gasteiger charge is 2.25. The van der Waals surface area contributed by atoms with Crippen LogP contribution in [0.1, 0.15) is 12.0 Å². The Kier molecular flexibility index (Phi) is 4.43. The summed E-state index contributed by atoms with van der Waals surface area (Å²) < 4.78 is 5.28. The van der Waals surface area contributed by atoms with Crippen molar-refractivity contribution in [2.75, 3.05) is 39.2 Å². The molecule has 1 heterocycles. The first-order valence-electron chi connectivity index (χ1n) is 6.67. The second kappa shape index (κ2) is 6.06. The largest absolute Gasteiger partial charge is 0.380 e. The van der Waals surface area contributed by atoms with E-state index in [1.807, 2.05) is 43.3 Å². The van der Waals surface area contributed by atoms with Gasteiger partial charge in [0.15, 0.2) is 0 Å². The molecule has 0 aromatic heterocycles. The van der Waals surface area contributed by atoms with Crippen LogP contribution in [0.5, 0.6) is 0 Å². The second-order valence-corrected chi connectivity index (χ2v) is 5.22. The average Bonchev–Trinajstić information content (AvgIpc) is 2.88. The maximum absolute atomic E-state index is 12.2. The number of hydrogen-bond acceptors (Lipinski definition) is 3. The van der Waals surface area contributed by atoms with Gasteiger partial charge in [0.1, 0.15) is 0 Å². The third kappa shape index (κ3) is 3.47. The molecule has 0 spiro atoms. The third-order valence-corrected chi connectivity index (χ3v) is 3.64. The van der Waals surface area contributed by atoms with E-state index < -0.39 is 0 Å². The van der Waals surface area contributed by atoms with Gasteiger partial charge in [0, 0.05) is 40.0 Å². The van der Waals surface area contributed by atoms with Crippen LogP contribution in [-0.2, 0) is 16.0 Å². The maximum atomic E-state index is 12.2. The van der Waals surface area contributed by atoms with Crippen LogP contribution in [0, 0.1) is 0 Å². The van der Waals surface area contributed by atoms with E-state index >= 15 is 0 Å². The summed E-state index contributed by atoms with van der Waals surface area (Å²) in [4.78, 5) is 16.1. The lowest BCUT2D eigenvalue weighted by Crippen LogP contribution is -2.31. The number of anilines is 1. The number of benzene rings is 1. The number of carbonyl (C=O) groups is 1. The van der Waals surface area contributed by atoms with Crippen molar-refractivity contribution < 1.29 is 9.53 Å². The zero-order valence-electron chi connectivity index (χ0n) is 11.9. The number of ether oxygens (including phenoxy) is 1. The van der Waals surface area contributed by atoms with Crippen LogP contribution in [-0.4, -0.2) is 51.2 Å². The van der Waals surface area contributed by atoms with Gasteiger partial charge in [-0.05, 0) is 24.1 Å². The molecule has 1 fully saturated rings. The summed E-state index contributed by atoms with van der Waals surface area (Å²) in [7, 11) is 5.73. The van der Waals surface area contributed by atoms with Crippen LogP contribution >= 0.6 is 0 Å². The number of rotatable bonds is 4. The van der Waals surface area contributed by atoms with Gasteiger partial charge in [0.2, 0.25) is 5.91 Å². The zero-order valence-corrected chi connectivity index (χ0v) is 11.9. The number of hydrogen-bond donors (Lipinski definition) is 0. The summed E-state index contributed by atoms with van der Waals surface area (Å²) in [5, 5.41) is 0. The standard InChI is InChI=1S/C15H22N2O2/c1-16(2)13-6-4-12(5-7-13)10-15(18)17-9-8-14(11-17)19-3/h4-7,14H,8-11H2,1-3H3. The van der Waals surface area contributed by atoms with Crippen LogP contribution in [0.4, 0.5) is 5.69 Å². The molecule has 0 saturated carbocycles.